The number of allylic oxidation sites excluding steroid dienone is 1. The average molecular weight is 602 g/mol. The number of carbonyl (C=O) groups excluding carboxylic acids is 1. The Bertz CT molecular complexity index is 1250. The van der Waals surface area contributed by atoms with Gasteiger partial charge in [-0.2, -0.15) is 0 Å². The molecule has 1 aliphatic carbocycles. The van der Waals surface area contributed by atoms with Gasteiger partial charge in [0, 0.05) is 36.4 Å². The minimum atomic E-state index is -1.48. The number of carbonyl (C=O) groups is 1. The second kappa shape index (κ2) is 14.7. The van der Waals surface area contributed by atoms with Crippen molar-refractivity contribution in [1.82, 2.24) is 9.71 Å². The number of rotatable bonds is 12. The van der Waals surface area contributed by atoms with E-state index in [1.807, 2.05) is 12.1 Å². The molecule has 1 aromatic carbocycles. The molecule has 1 aliphatic heterocycles. The zero-order valence-electron chi connectivity index (χ0n) is 24.9. The molecule has 5 atom stereocenters. The van der Waals surface area contributed by atoms with Gasteiger partial charge in [-0.15, -0.1) is 0 Å². The molecule has 0 spiro atoms. The summed E-state index contributed by atoms with van der Waals surface area (Å²) in [6.07, 6.45) is 9.62. The first-order chi connectivity index (χ1) is 19.7. The predicted molar refractivity (Wildman–Crippen MR) is 167 cm³/mol. The molecule has 4 rings (SSSR count). The van der Waals surface area contributed by atoms with Crippen molar-refractivity contribution in [3.63, 3.8) is 0 Å². The van der Waals surface area contributed by atoms with Crippen LogP contribution >= 0.6 is 11.6 Å². The number of aromatic nitrogens is 1. The Hall–Kier alpha value is -2.42. The molecular formula is C32H44ClN3O4S. The van der Waals surface area contributed by atoms with Gasteiger partial charge in [0.15, 0.2) is 11.6 Å². The normalized spacial score (nSPS) is 22.0. The fourth-order valence-corrected chi connectivity index (χ4v) is 6.49. The number of aryl methyl sites for hydroxylation is 1. The first-order valence-electron chi connectivity index (χ1n) is 14.8. The summed E-state index contributed by atoms with van der Waals surface area (Å²) in [4.78, 5) is 20.1. The van der Waals surface area contributed by atoms with Gasteiger partial charge in [-0.05, 0) is 86.8 Å². The smallest absolute Gasteiger partial charge is 0.281 e. The second-order valence-corrected chi connectivity index (χ2v) is 13.5. The molecule has 4 unspecified atom stereocenters. The van der Waals surface area contributed by atoms with E-state index in [9.17, 15) is 9.00 Å². The van der Waals surface area contributed by atoms with Crippen LogP contribution in [0.25, 0.3) is 0 Å². The number of ether oxygens (including phenoxy) is 2. The molecule has 1 amide bonds. The minimum Gasteiger partial charge on any atom is -0.489 e. The molecule has 1 N–H and O–H groups in total. The lowest BCUT2D eigenvalue weighted by Crippen LogP contribution is -2.44. The number of hydrogen-bond donors (Lipinski definition) is 1. The standard InChI is InChI=1S/C32H44ClN3O4S/c1-6-8-10-29(39-5)27-13-11-23(27)18-36-19-24(26-14-12-25(33)17-22(26)9-7-2)20-40-30-16-15-28(34-31(30)36)32(37)35-41(38)21(3)4/h8,10,12,14-17,21,23-24,27,29H,6-7,9,11,13,18-20H2,1-5H3,(H,35,37)/b10-8+/t23-,24?,27?,29?,41?/m0/s1. The molecule has 1 fully saturated rings. The van der Waals surface area contributed by atoms with Crippen LogP contribution in [0.1, 0.15) is 80.9 Å². The summed E-state index contributed by atoms with van der Waals surface area (Å²) in [5.41, 5.74) is 2.72. The Balaban J connectivity index is 1.67. The number of pyridine rings is 1. The maximum atomic E-state index is 13.0. The molecule has 1 aromatic heterocycles. The molecule has 9 heteroatoms. The van der Waals surface area contributed by atoms with Gasteiger partial charge in [0.25, 0.3) is 5.91 Å². The van der Waals surface area contributed by atoms with Gasteiger partial charge in [0.2, 0.25) is 0 Å². The maximum absolute atomic E-state index is 13.0. The van der Waals surface area contributed by atoms with Crippen molar-refractivity contribution in [2.24, 2.45) is 11.8 Å². The van der Waals surface area contributed by atoms with E-state index in [1.54, 1.807) is 27.0 Å². The van der Waals surface area contributed by atoms with E-state index in [1.165, 1.54) is 11.1 Å². The summed E-state index contributed by atoms with van der Waals surface area (Å²) in [5, 5.41) is 0.550. The van der Waals surface area contributed by atoms with Crippen LogP contribution in [0.2, 0.25) is 5.02 Å². The lowest BCUT2D eigenvalue weighted by Gasteiger charge is -2.43. The molecule has 0 bridgehead atoms. The summed E-state index contributed by atoms with van der Waals surface area (Å²) in [5.74, 6) is 1.80. The Morgan fingerprint density at radius 1 is 1.27 bits per heavy atom. The van der Waals surface area contributed by atoms with E-state index in [4.69, 9.17) is 26.1 Å². The van der Waals surface area contributed by atoms with Crippen LogP contribution in [-0.2, 0) is 22.1 Å². The summed E-state index contributed by atoms with van der Waals surface area (Å²) >= 11 is 6.39. The number of benzene rings is 1. The monoisotopic (exact) mass is 601 g/mol. The topological polar surface area (TPSA) is 80.8 Å². The van der Waals surface area contributed by atoms with Crippen LogP contribution in [0, 0.1) is 11.8 Å². The van der Waals surface area contributed by atoms with E-state index in [-0.39, 0.29) is 23.0 Å². The number of nitrogens with one attached hydrogen (secondary N) is 1. The molecule has 1 saturated carbocycles. The first-order valence-corrected chi connectivity index (χ1v) is 16.4. The van der Waals surface area contributed by atoms with Crippen LogP contribution in [0.3, 0.4) is 0 Å². The van der Waals surface area contributed by atoms with Crippen LogP contribution in [0.15, 0.2) is 42.5 Å². The van der Waals surface area contributed by atoms with Crippen molar-refractivity contribution in [3.05, 3.63) is 64.3 Å². The first kappa shape index (κ1) is 31.5. The predicted octanol–water partition coefficient (Wildman–Crippen LogP) is 6.48. The van der Waals surface area contributed by atoms with Crippen molar-refractivity contribution < 1.29 is 18.5 Å². The van der Waals surface area contributed by atoms with Gasteiger partial charge in [-0.1, -0.05) is 50.1 Å². The molecule has 7 nitrogen and oxygen atoms in total. The quantitative estimate of drug-likeness (QED) is 0.281. The lowest BCUT2D eigenvalue weighted by atomic mass is 9.70. The van der Waals surface area contributed by atoms with E-state index < -0.39 is 16.9 Å². The summed E-state index contributed by atoms with van der Waals surface area (Å²) in [6.45, 7) is 9.90. The number of amides is 1. The Kier molecular flexibility index (Phi) is 11.3. The van der Waals surface area contributed by atoms with Crippen LogP contribution in [0.4, 0.5) is 5.82 Å². The van der Waals surface area contributed by atoms with Gasteiger partial charge < -0.3 is 14.4 Å². The van der Waals surface area contributed by atoms with Crippen LogP contribution in [-0.4, -0.2) is 53.3 Å². The molecule has 2 aliphatic rings. The van der Waals surface area contributed by atoms with Gasteiger partial charge in [-0.3, -0.25) is 9.52 Å². The van der Waals surface area contributed by atoms with Gasteiger partial charge >= 0.3 is 0 Å². The van der Waals surface area contributed by atoms with Crippen molar-refractivity contribution in [2.45, 2.75) is 77.1 Å². The Morgan fingerprint density at radius 3 is 2.73 bits per heavy atom. The summed E-state index contributed by atoms with van der Waals surface area (Å²) < 4.78 is 27.2. The average Bonchev–Trinajstić information content (AvgIpc) is 3.12. The van der Waals surface area contributed by atoms with E-state index in [0.717, 1.165) is 43.7 Å². The third-order valence-corrected chi connectivity index (χ3v) is 9.60. The Morgan fingerprint density at radius 2 is 2.07 bits per heavy atom. The van der Waals surface area contributed by atoms with E-state index in [0.29, 0.717) is 36.6 Å². The molecule has 2 aromatic rings. The van der Waals surface area contributed by atoms with Gasteiger partial charge in [-0.25, -0.2) is 9.19 Å². The van der Waals surface area contributed by atoms with Crippen molar-refractivity contribution in [2.75, 3.05) is 31.7 Å². The number of hydrogen-bond acceptors (Lipinski definition) is 6. The zero-order valence-corrected chi connectivity index (χ0v) is 26.5. The van der Waals surface area contributed by atoms with E-state index in [2.05, 4.69) is 47.8 Å². The number of methoxy groups -OCH3 is 1. The Labute approximate surface area is 252 Å². The lowest BCUT2D eigenvalue weighted by molar-refractivity contribution is 0.0134. The van der Waals surface area contributed by atoms with Crippen molar-refractivity contribution in [3.8, 4) is 5.75 Å². The number of halogens is 1. The number of anilines is 1. The summed E-state index contributed by atoms with van der Waals surface area (Å²) in [7, 11) is 0.301. The third-order valence-electron chi connectivity index (χ3n) is 8.12. The van der Waals surface area contributed by atoms with Crippen LogP contribution in [0.5, 0.6) is 5.75 Å². The molecule has 0 radical (unpaired) electrons. The number of nitrogens with zero attached hydrogens (tertiary/aromatic N) is 2. The van der Waals surface area contributed by atoms with Crippen LogP contribution < -0.4 is 14.4 Å². The highest BCUT2D eigenvalue weighted by Crippen LogP contribution is 2.42. The summed E-state index contributed by atoms with van der Waals surface area (Å²) in [6, 6.07) is 9.63. The highest BCUT2D eigenvalue weighted by atomic mass is 35.5. The second-order valence-electron chi connectivity index (χ2n) is 11.3. The molecule has 0 saturated heterocycles. The van der Waals surface area contributed by atoms with Gasteiger partial charge in [0.1, 0.15) is 16.7 Å². The third kappa shape index (κ3) is 7.70. The molecule has 2 heterocycles. The molecule has 41 heavy (non-hydrogen) atoms. The molecular weight excluding hydrogens is 558 g/mol. The van der Waals surface area contributed by atoms with Gasteiger partial charge in [0.05, 0.1) is 12.7 Å². The zero-order chi connectivity index (χ0) is 29.5. The fourth-order valence-electron chi connectivity index (χ4n) is 5.77. The highest BCUT2D eigenvalue weighted by molar-refractivity contribution is 7.84. The minimum absolute atomic E-state index is 0.0794. The maximum Gasteiger partial charge on any atom is 0.281 e. The highest BCUT2D eigenvalue weighted by Gasteiger charge is 2.39. The number of fused-ring (bicyclic) bond motifs is 1. The SMILES string of the molecule is CC/C=C/C(OC)C1CC[C@H]1CN1CC(c2ccc(Cl)cc2CCC)COc2ccc(C(=O)NS(=O)C(C)C)nc21. The molecule has 224 valence electrons. The van der Waals surface area contributed by atoms with E-state index >= 15 is 0 Å². The fraction of sp³-hybridized carbons (Fsp3) is 0.562. The largest absolute Gasteiger partial charge is 0.489 e. The van der Waals surface area contributed by atoms with Crippen molar-refractivity contribution in [1.29, 1.82) is 0 Å². The van der Waals surface area contributed by atoms with Crippen molar-refractivity contribution >= 4 is 34.3 Å².